The summed E-state index contributed by atoms with van der Waals surface area (Å²) in [4.78, 5) is 0.115. The number of hydrogen-bond donors (Lipinski definition) is 1. The molecular formula is C20H19NO3S. The van der Waals surface area contributed by atoms with Crippen LogP contribution in [0.2, 0.25) is 0 Å². The van der Waals surface area contributed by atoms with Gasteiger partial charge in [-0.25, -0.2) is 4.18 Å². The van der Waals surface area contributed by atoms with Crippen LogP contribution in [0, 0.1) is 0 Å². The molecule has 0 aliphatic carbocycles. The molecule has 0 aliphatic rings. The quantitative estimate of drug-likeness (QED) is 0.543. The number of benzene rings is 3. The van der Waals surface area contributed by atoms with Gasteiger partial charge < -0.3 is 5.73 Å². The predicted molar refractivity (Wildman–Crippen MR) is 98.3 cm³/mol. The molecule has 0 spiro atoms. The molecule has 5 heteroatoms. The van der Waals surface area contributed by atoms with Crippen molar-refractivity contribution in [2.75, 3.05) is 0 Å². The van der Waals surface area contributed by atoms with E-state index in [1.54, 1.807) is 18.2 Å². The molecule has 3 aromatic carbocycles. The van der Waals surface area contributed by atoms with E-state index in [4.69, 9.17) is 9.92 Å². The third-order valence-corrected chi connectivity index (χ3v) is 5.17. The lowest BCUT2D eigenvalue weighted by Gasteiger charge is -2.15. The highest BCUT2D eigenvalue weighted by molar-refractivity contribution is 7.87. The molecule has 4 nitrogen and oxygen atoms in total. The van der Waals surface area contributed by atoms with Gasteiger partial charge in [0.1, 0.15) is 11.1 Å². The fourth-order valence-corrected chi connectivity index (χ4v) is 3.83. The maximum atomic E-state index is 12.7. The summed E-state index contributed by atoms with van der Waals surface area (Å²) in [5, 5.41) is 0. The van der Waals surface area contributed by atoms with E-state index in [9.17, 15) is 8.42 Å². The van der Waals surface area contributed by atoms with Crippen molar-refractivity contribution in [1.82, 2.24) is 0 Å². The molecule has 2 N–H and O–H groups in total. The maximum absolute atomic E-state index is 12.7. The Morgan fingerprint density at radius 1 is 0.800 bits per heavy atom. The van der Waals surface area contributed by atoms with E-state index < -0.39 is 16.3 Å². The largest absolute Gasteiger partial charge is 0.305 e. The molecule has 3 rings (SSSR count). The molecule has 0 heterocycles. The van der Waals surface area contributed by atoms with Crippen molar-refractivity contribution in [1.29, 1.82) is 0 Å². The minimum Gasteiger partial charge on any atom is -0.305 e. The van der Waals surface area contributed by atoms with Crippen LogP contribution in [0.1, 0.15) is 5.56 Å². The third kappa shape index (κ3) is 4.33. The summed E-state index contributed by atoms with van der Waals surface area (Å²) in [6.45, 7) is 0. The van der Waals surface area contributed by atoms with Crippen molar-refractivity contribution < 1.29 is 12.6 Å². The highest BCUT2D eigenvalue weighted by Crippen LogP contribution is 2.28. The molecule has 1 unspecified atom stereocenters. The zero-order chi connectivity index (χ0) is 17.7. The Morgan fingerprint density at radius 3 is 2.04 bits per heavy atom. The average Bonchev–Trinajstić information content (AvgIpc) is 2.63. The van der Waals surface area contributed by atoms with Crippen molar-refractivity contribution in [3.63, 3.8) is 0 Å². The number of hydrogen-bond acceptors (Lipinski definition) is 4. The third-order valence-electron chi connectivity index (χ3n) is 3.77. The highest BCUT2D eigenvalue weighted by Gasteiger charge is 2.23. The van der Waals surface area contributed by atoms with Gasteiger partial charge in [0.15, 0.2) is 0 Å². The second-order valence-corrected chi connectivity index (χ2v) is 7.18. The lowest BCUT2D eigenvalue weighted by molar-refractivity contribution is 0.217. The second-order valence-electron chi connectivity index (χ2n) is 5.64. The summed E-state index contributed by atoms with van der Waals surface area (Å²) in [6.07, 6.45) is -0.635. The van der Waals surface area contributed by atoms with Gasteiger partial charge in [-0.3, -0.25) is 0 Å². The van der Waals surface area contributed by atoms with Crippen LogP contribution in [0.15, 0.2) is 89.8 Å². The molecule has 0 amide bonds. The van der Waals surface area contributed by atoms with Gasteiger partial charge in [-0.15, -0.1) is 0 Å². The molecule has 0 saturated carbocycles. The summed E-state index contributed by atoms with van der Waals surface area (Å²) >= 11 is 0. The molecule has 0 fully saturated rings. The molecular weight excluding hydrogens is 334 g/mol. The molecule has 0 saturated heterocycles. The Balaban J connectivity index is 1.86. The first-order chi connectivity index (χ1) is 12.1. The normalized spacial score (nSPS) is 12.7. The first-order valence-electron chi connectivity index (χ1n) is 7.93. The fourth-order valence-electron chi connectivity index (χ4n) is 2.64. The highest BCUT2D eigenvalue weighted by atomic mass is 32.2. The van der Waals surface area contributed by atoms with Crippen molar-refractivity contribution in [3.05, 3.63) is 90.5 Å². The van der Waals surface area contributed by atoms with E-state index in [0.717, 1.165) is 11.1 Å². The van der Waals surface area contributed by atoms with Crippen LogP contribution in [0.4, 0.5) is 0 Å². The summed E-state index contributed by atoms with van der Waals surface area (Å²) in [6, 6.07) is 25.5. The van der Waals surface area contributed by atoms with E-state index in [2.05, 4.69) is 0 Å². The lowest BCUT2D eigenvalue weighted by atomic mass is 10.1. The van der Waals surface area contributed by atoms with Gasteiger partial charge >= 0.3 is 0 Å². The number of nitrogens with two attached hydrogens (primary N) is 1. The van der Waals surface area contributed by atoms with Crippen LogP contribution in [-0.2, 0) is 20.7 Å². The SMILES string of the molecule is NC(Cc1ccccc1)OS(=O)(=O)c1ccccc1-c1ccccc1. The topological polar surface area (TPSA) is 69.4 Å². The smallest absolute Gasteiger partial charge is 0.299 e. The van der Waals surface area contributed by atoms with E-state index in [1.807, 2.05) is 60.7 Å². The minimum absolute atomic E-state index is 0.115. The Morgan fingerprint density at radius 2 is 1.36 bits per heavy atom. The molecule has 0 aromatic heterocycles. The van der Waals surface area contributed by atoms with Gasteiger partial charge in [-0.2, -0.15) is 8.42 Å². The van der Waals surface area contributed by atoms with Gasteiger partial charge in [0.2, 0.25) is 0 Å². The summed E-state index contributed by atoms with van der Waals surface area (Å²) < 4.78 is 30.7. The first-order valence-corrected chi connectivity index (χ1v) is 9.34. The summed E-state index contributed by atoms with van der Waals surface area (Å²) in [5.41, 5.74) is 8.23. The Hall–Kier alpha value is -2.47. The standard InChI is InChI=1S/C20H19NO3S/c21-20(15-16-9-3-1-4-10-16)24-25(22,23)19-14-8-7-13-18(19)17-11-5-2-6-12-17/h1-14,20H,15,21H2. The van der Waals surface area contributed by atoms with Crippen molar-refractivity contribution in [3.8, 4) is 11.1 Å². The van der Waals surface area contributed by atoms with E-state index in [-0.39, 0.29) is 4.90 Å². The average molecular weight is 353 g/mol. The molecule has 25 heavy (non-hydrogen) atoms. The zero-order valence-electron chi connectivity index (χ0n) is 13.6. The monoisotopic (exact) mass is 353 g/mol. The predicted octanol–water partition coefficient (Wildman–Crippen LogP) is 3.59. The van der Waals surface area contributed by atoms with Gasteiger partial charge in [-0.1, -0.05) is 78.9 Å². The molecule has 0 aliphatic heterocycles. The van der Waals surface area contributed by atoms with Crippen LogP contribution in [-0.4, -0.2) is 14.6 Å². The van der Waals surface area contributed by atoms with E-state index in [1.165, 1.54) is 6.07 Å². The second kappa shape index (κ2) is 7.61. The summed E-state index contributed by atoms with van der Waals surface area (Å²) in [7, 11) is -3.98. The molecule has 0 radical (unpaired) electrons. The molecule has 128 valence electrons. The Bertz CT molecular complexity index is 925. The van der Waals surface area contributed by atoms with Gasteiger partial charge in [0, 0.05) is 12.0 Å². The van der Waals surface area contributed by atoms with Gasteiger partial charge in [-0.05, 0) is 17.2 Å². The van der Waals surface area contributed by atoms with Crippen LogP contribution in [0.25, 0.3) is 11.1 Å². The minimum atomic E-state index is -3.98. The maximum Gasteiger partial charge on any atom is 0.299 e. The molecule has 3 aromatic rings. The fraction of sp³-hybridized carbons (Fsp3) is 0.100. The van der Waals surface area contributed by atoms with Crippen molar-refractivity contribution in [2.45, 2.75) is 17.5 Å². The zero-order valence-corrected chi connectivity index (χ0v) is 14.4. The van der Waals surface area contributed by atoms with Crippen LogP contribution >= 0.6 is 0 Å². The lowest BCUT2D eigenvalue weighted by Crippen LogP contribution is -2.29. The van der Waals surface area contributed by atoms with Crippen LogP contribution in [0.3, 0.4) is 0 Å². The molecule has 1 atom stereocenters. The Labute approximate surface area is 148 Å². The van der Waals surface area contributed by atoms with Crippen molar-refractivity contribution >= 4 is 10.1 Å². The Kier molecular flexibility index (Phi) is 5.28. The first kappa shape index (κ1) is 17.4. The van der Waals surface area contributed by atoms with Crippen molar-refractivity contribution in [2.24, 2.45) is 5.73 Å². The van der Waals surface area contributed by atoms with Gasteiger partial charge in [0.25, 0.3) is 10.1 Å². The van der Waals surface area contributed by atoms with Gasteiger partial charge in [0.05, 0.1) is 0 Å². The van der Waals surface area contributed by atoms with E-state index >= 15 is 0 Å². The van der Waals surface area contributed by atoms with E-state index in [0.29, 0.717) is 12.0 Å². The summed E-state index contributed by atoms with van der Waals surface area (Å²) in [5.74, 6) is 0. The van der Waals surface area contributed by atoms with Crippen LogP contribution in [0.5, 0.6) is 0 Å². The van der Waals surface area contributed by atoms with Crippen LogP contribution < -0.4 is 5.73 Å². The number of rotatable bonds is 6. The molecule has 0 bridgehead atoms.